The molecule has 34 heavy (non-hydrogen) atoms. The molecule has 0 atom stereocenters. The number of aryl methyl sites for hydroxylation is 2. The number of rotatable bonds is 9. The Balaban J connectivity index is 1.49. The first-order chi connectivity index (χ1) is 16.3. The number of halogens is 4. The summed E-state index contributed by atoms with van der Waals surface area (Å²) < 4.78 is 48.4. The highest BCUT2D eigenvalue weighted by molar-refractivity contribution is 6.28. The Bertz CT molecular complexity index is 1440. The van der Waals surface area contributed by atoms with E-state index in [4.69, 9.17) is 16.1 Å². The molecule has 4 aromatic rings. The van der Waals surface area contributed by atoms with Crippen molar-refractivity contribution in [1.29, 1.82) is 0 Å². The highest BCUT2D eigenvalue weighted by Crippen LogP contribution is 2.18. The van der Waals surface area contributed by atoms with Crippen LogP contribution in [0.3, 0.4) is 0 Å². The number of hydrogen-bond donors (Lipinski definition) is 1. The standard InChI is InChI=1S/C21H20ClF3N6O3/c1-2-3-6-30-18-17(27-20(22)28-18)19(32)31(21(30)33)7-4-5-16-26-15(29-34-16)10-12-13(24)8-11(23)9-14(12)25/h8-9H,2-7,10H2,1H3,(H,27,28). The van der Waals surface area contributed by atoms with E-state index in [1.807, 2.05) is 6.92 Å². The van der Waals surface area contributed by atoms with Gasteiger partial charge in [-0.2, -0.15) is 9.97 Å². The van der Waals surface area contributed by atoms with Crippen LogP contribution in [0.2, 0.25) is 5.28 Å². The summed E-state index contributed by atoms with van der Waals surface area (Å²) in [5, 5.41) is 3.71. The minimum absolute atomic E-state index is 0.0157. The van der Waals surface area contributed by atoms with Crippen LogP contribution in [-0.2, 0) is 25.9 Å². The summed E-state index contributed by atoms with van der Waals surface area (Å²) in [7, 11) is 0. The van der Waals surface area contributed by atoms with E-state index in [0.717, 1.165) is 17.4 Å². The second kappa shape index (κ2) is 9.84. The number of nitrogens with one attached hydrogen (secondary N) is 1. The minimum atomic E-state index is -1.04. The van der Waals surface area contributed by atoms with Crippen LogP contribution < -0.4 is 11.2 Å². The lowest BCUT2D eigenvalue weighted by Crippen LogP contribution is -2.40. The smallest absolute Gasteiger partial charge is 0.332 e. The second-order valence-electron chi connectivity index (χ2n) is 7.70. The quantitative estimate of drug-likeness (QED) is 0.356. The van der Waals surface area contributed by atoms with Crippen LogP contribution in [0, 0.1) is 17.5 Å². The Hall–Kier alpha value is -3.41. The third-order valence-electron chi connectivity index (χ3n) is 5.29. The lowest BCUT2D eigenvalue weighted by atomic mass is 10.1. The maximum absolute atomic E-state index is 13.8. The monoisotopic (exact) mass is 496 g/mol. The van der Waals surface area contributed by atoms with Gasteiger partial charge in [0.2, 0.25) is 11.2 Å². The minimum Gasteiger partial charge on any atom is -0.339 e. The fourth-order valence-electron chi connectivity index (χ4n) is 3.60. The van der Waals surface area contributed by atoms with E-state index in [1.54, 1.807) is 0 Å². The van der Waals surface area contributed by atoms with Crippen LogP contribution in [-0.4, -0.2) is 29.2 Å². The van der Waals surface area contributed by atoms with Gasteiger partial charge < -0.3 is 9.51 Å². The van der Waals surface area contributed by atoms with E-state index in [2.05, 4.69) is 20.1 Å². The second-order valence-corrected chi connectivity index (χ2v) is 8.06. The summed E-state index contributed by atoms with van der Waals surface area (Å²) in [4.78, 5) is 36.6. The molecule has 13 heteroatoms. The number of fused-ring (bicyclic) bond motifs is 1. The van der Waals surface area contributed by atoms with Crippen molar-refractivity contribution in [3.8, 4) is 0 Å². The number of aromatic nitrogens is 6. The van der Waals surface area contributed by atoms with Crippen molar-refractivity contribution in [1.82, 2.24) is 29.2 Å². The van der Waals surface area contributed by atoms with Crippen LogP contribution >= 0.6 is 11.6 Å². The van der Waals surface area contributed by atoms with Crippen molar-refractivity contribution in [2.24, 2.45) is 0 Å². The zero-order chi connectivity index (χ0) is 24.4. The predicted octanol–water partition coefficient (Wildman–Crippen LogP) is 3.36. The van der Waals surface area contributed by atoms with Crippen LogP contribution in [0.4, 0.5) is 13.2 Å². The molecule has 9 nitrogen and oxygen atoms in total. The summed E-state index contributed by atoms with van der Waals surface area (Å²) >= 11 is 5.91. The lowest BCUT2D eigenvalue weighted by Gasteiger charge is -2.10. The first-order valence-electron chi connectivity index (χ1n) is 10.6. The molecule has 0 amide bonds. The van der Waals surface area contributed by atoms with Gasteiger partial charge in [-0.25, -0.2) is 18.0 Å². The Morgan fingerprint density at radius 2 is 1.76 bits per heavy atom. The molecule has 0 unspecified atom stereocenters. The third-order valence-corrected chi connectivity index (χ3v) is 5.47. The Labute approximate surface area is 195 Å². The van der Waals surface area contributed by atoms with Gasteiger partial charge in [0.25, 0.3) is 5.56 Å². The van der Waals surface area contributed by atoms with Gasteiger partial charge in [-0.05, 0) is 24.4 Å². The molecule has 3 heterocycles. The Morgan fingerprint density at radius 1 is 1.06 bits per heavy atom. The van der Waals surface area contributed by atoms with Crippen molar-refractivity contribution in [2.75, 3.05) is 0 Å². The van der Waals surface area contributed by atoms with Gasteiger partial charge in [-0.15, -0.1) is 0 Å². The zero-order valence-electron chi connectivity index (χ0n) is 18.1. The maximum atomic E-state index is 13.8. The SMILES string of the molecule is CCCCn1c(=O)n(CCCc2nc(Cc3c(F)cc(F)cc3F)no2)c(=O)c2[nH]c(Cl)nc21. The number of H-pyrrole nitrogens is 1. The molecule has 0 fully saturated rings. The number of aromatic amines is 1. The van der Waals surface area contributed by atoms with Crippen molar-refractivity contribution in [3.63, 3.8) is 0 Å². The van der Waals surface area contributed by atoms with E-state index in [9.17, 15) is 22.8 Å². The summed E-state index contributed by atoms with van der Waals surface area (Å²) in [6, 6.07) is 1.16. The summed E-state index contributed by atoms with van der Waals surface area (Å²) in [5.41, 5.74) is -1.06. The van der Waals surface area contributed by atoms with Gasteiger partial charge in [0.05, 0.1) is 0 Å². The summed E-state index contributed by atoms with van der Waals surface area (Å²) in [5.74, 6) is -2.92. The van der Waals surface area contributed by atoms with Gasteiger partial charge in [0, 0.05) is 43.6 Å². The molecule has 1 aromatic carbocycles. The lowest BCUT2D eigenvalue weighted by molar-refractivity contribution is 0.366. The van der Waals surface area contributed by atoms with Gasteiger partial charge in [0.15, 0.2) is 17.0 Å². The van der Waals surface area contributed by atoms with Crippen molar-refractivity contribution in [3.05, 3.63) is 73.0 Å². The van der Waals surface area contributed by atoms with E-state index < -0.39 is 28.7 Å². The topological polar surface area (TPSA) is 112 Å². The predicted molar refractivity (Wildman–Crippen MR) is 116 cm³/mol. The van der Waals surface area contributed by atoms with E-state index in [0.29, 0.717) is 25.1 Å². The molecule has 0 aliphatic rings. The zero-order valence-corrected chi connectivity index (χ0v) is 18.8. The van der Waals surface area contributed by atoms with Crippen LogP contribution in [0.25, 0.3) is 11.2 Å². The van der Waals surface area contributed by atoms with E-state index >= 15 is 0 Å². The fraction of sp³-hybridized carbons (Fsp3) is 0.381. The average Bonchev–Trinajstić information content (AvgIpc) is 3.39. The molecule has 3 aromatic heterocycles. The van der Waals surface area contributed by atoms with E-state index in [1.165, 1.54) is 4.57 Å². The molecular weight excluding hydrogens is 477 g/mol. The molecule has 4 rings (SSSR count). The molecule has 0 aliphatic heterocycles. The summed E-state index contributed by atoms with van der Waals surface area (Å²) in [6.07, 6.45) is 1.76. The molecule has 0 saturated heterocycles. The molecule has 0 bridgehead atoms. The van der Waals surface area contributed by atoms with Crippen LogP contribution in [0.5, 0.6) is 0 Å². The molecule has 0 radical (unpaired) electrons. The van der Waals surface area contributed by atoms with Crippen molar-refractivity contribution < 1.29 is 17.7 Å². The number of hydrogen-bond acceptors (Lipinski definition) is 6. The number of unbranched alkanes of at least 4 members (excludes halogenated alkanes) is 1. The normalized spacial score (nSPS) is 11.6. The maximum Gasteiger partial charge on any atom is 0.332 e. The van der Waals surface area contributed by atoms with Crippen LogP contribution in [0.1, 0.15) is 43.5 Å². The molecule has 1 N–H and O–H groups in total. The van der Waals surface area contributed by atoms with Gasteiger partial charge in [-0.3, -0.25) is 13.9 Å². The number of imidazole rings is 1. The van der Waals surface area contributed by atoms with E-state index in [-0.39, 0.29) is 53.1 Å². The van der Waals surface area contributed by atoms with Gasteiger partial charge in [-0.1, -0.05) is 18.5 Å². The highest BCUT2D eigenvalue weighted by atomic mass is 35.5. The molecule has 0 spiro atoms. The van der Waals surface area contributed by atoms with Crippen LogP contribution in [0.15, 0.2) is 26.2 Å². The molecule has 180 valence electrons. The van der Waals surface area contributed by atoms with Crippen molar-refractivity contribution >= 4 is 22.8 Å². The Morgan fingerprint density at radius 3 is 2.47 bits per heavy atom. The largest absolute Gasteiger partial charge is 0.339 e. The highest BCUT2D eigenvalue weighted by Gasteiger charge is 2.18. The first kappa shape index (κ1) is 23.7. The molecule has 0 aliphatic carbocycles. The fourth-order valence-corrected chi connectivity index (χ4v) is 3.78. The number of nitrogens with zero attached hydrogens (tertiary/aromatic N) is 5. The first-order valence-corrected chi connectivity index (χ1v) is 11.0. The van der Waals surface area contributed by atoms with Gasteiger partial charge >= 0.3 is 5.69 Å². The van der Waals surface area contributed by atoms with Gasteiger partial charge in [0.1, 0.15) is 17.5 Å². The average molecular weight is 497 g/mol. The summed E-state index contributed by atoms with van der Waals surface area (Å²) in [6.45, 7) is 2.43. The Kier molecular flexibility index (Phi) is 6.87. The van der Waals surface area contributed by atoms with Crippen molar-refractivity contribution in [2.45, 2.75) is 52.1 Å². The number of benzene rings is 1. The third kappa shape index (κ3) is 4.76. The molecular formula is C21H20ClF3N6O3. The molecule has 0 saturated carbocycles.